The van der Waals surface area contributed by atoms with Crippen LogP contribution in [-0.4, -0.2) is 67.1 Å². The van der Waals surface area contributed by atoms with Crippen molar-refractivity contribution in [1.82, 2.24) is 9.80 Å². The highest BCUT2D eigenvalue weighted by atomic mass is 35.5. The van der Waals surface area contributed by atoms with Crippen molar-refractivity contribution >= 4 is 24.8 Å². The highest BCUT2D eigenvalue weighted by Crippen LogP contribution is 2.33. The van der Waals surface area contributed by atoms with Gasteiger partial charge in [-0.2, -0.15) is 0 Å². The SMILES string of the molecule is Cl.Cl.OC(COc1ccccc1-c1ccccc1)CN1CCN(Cc2ccc3c(c2)OCO3)CC1. The molecule has 0 radical (unpaired) electrons. The molecule has 0 bridgehead atoms. The third-order valence-electron chi connectivity index (χ3n) is 6.18. The van der Waals surface area contributed by atoms with Crippen LogP contribution in [0.5, 0.6) is 17.2 Å². The summed E-state index contributed by atoms with van der Waals surface area (Å²) in [6.07, 6.45) is -0.533. The molecule has 35 heavy (non-hydrogen) atoms. The summed E-state index contributed by atoms with van der Waals surface area (Å²) in [5.41, 5.74) is 3.39. The van der Waals surface area contributed by atoms with Crippen molar-refractivity contribution in [2.45, 2.75) is 12.6 Å². The van der Waals surface area contributed by atoms with Crippen molar-refractivity contribution in [1.29, 1.82) is 0 Å². The number of ether oxygens (including phenoxy) is 3. The first kappa shape index (κ1) is 27.1. The van der Waals surface area contributed by atoms with Gasteiger partial charge in [0.15, 0.2) is 11.5 Å². The quantitative estimate of drug-likeness (QED) is 0.474. The van der Waals surface area contributed by atoms with E-state index in [1.807, 2.05) is 42.5 Å². The maximum Gasteiger partial charge on any atom is 0.231 e. The van der Waals surface area contributed by atoms with E-state index >= 15 is 0 Å². The number of halogens is 2. The Morgan fingerprint density at radius 2 is 1.49 bits per heavy atom. The van der Waals surface area contributed by atoms with E-state index in [1.165, 1.54) is 5.56 Å². The lowest BCUT2D eigenvalue weighted by Gasteiger charge is -2.35. The molecule has 1 atom stereocenters. The first-order valence-electron chi connectivity index (χ1n) is 11.5. The summed E-state index contributed by atoms with van der Waals surface area (Å²) in [7, 11) is 0. The predicted molar refractivity (Wildman–Crippen MR) is 142 cm³/mol. The van der Waals surface area contributed by atoms with Crippen LogP contribution >= 0.6 is 24.8 Å². The van der Waals surface area contributed by atoms with E-state index in [9.17, 15) is 5.11 Å². The molecule has 0 aliphatic carbocycles. The molecule has 0 spiro atoms. The van der Waals surface area contributed by atoms with Crippen LogP contribution in [0, 0.1) is 0 Å². The van der Waals surface area contributed by atoms with Gasteiger partial charge in [0, 0.05) is 44.8 Å². The van der Waals surface area contributed by atoms with Crippen LogP contribution in [0.1, 0.15) is 5.56 Å². The van der Waals surface area contributed by atoms with Crippen molar-refractivity contribution in [3.8, 4) is 28.4 Å². The summed E-state index contributed by atoms with van der Waals surface area (Å²) in [6, 6.07) is 24.3. The van der Waals surface area contributed by atoms with Gasteiger partial charge in [-0.25, -0.2) is 0 Å². The van der Waals surface area contributed by atoms with E-state index in [2.05, 4.69) is 40.1 Å². The average Bonchev–Trinajstić information content (AvgIpc) is 3.33. The molecule has 1 saturated heterocycles. The van der Waals surface area contributed by atoms with Crippen LogP contribution in [0.4, 0.5) is 0 Å². The highest BCUT2D eigenvalue weighted by molar-refractivity contribution is 5.85. The number of hydrogen-bond acceptors (Lipinski definition) is 6. The Labute approximate surface area is 219 Å². The van der Waals surface area contributed by atoms with Gasteiger partial charge in [-0.15, -0.1) is 24.8 Å². The Hall–Kier alpha value is -2.48. The average molecular weight is 519 g/mol. The number of rotatable bonds is 8. The van der Waals surface area contributed by atoms with Crippen molar-refractivity contribution < 1.29 is 19.3 Å². The first-order valence-corrected chi connectivity index (χ1v) is 11.5. The fraction of sp³-hybridized carbons (Fsp3) is 0.333. The maximum atomic E-state index is 10.6. The summed E-state index contributed by atoms with van der Waals surface area (Å²) in [6.45, 7) is 5.91. The zero-order chi connectivity index (χ0) is 22.5. The van der Waals surface area contributed by atoms with Gasteiger partial charge in [0.25, 0.3) is 0 Å². The summed E-state index contributed by atoms with van der Waals surface area (Å²) < 4.78 is 16.9. The lowest BCUT2D eigenvalue weighted by Crippen LogP contribution is -2.48. The van der Waals surface area contributed by atoms with Crippen LogP contribution in [0.3, 0.4) is 0 Å². The van der Waals surface area contributed by atoms with Gasteiger partial charge in [0.1, 0.15) is 18.5 Å². The normalized spacial score (nSPS) is 16.1. The number of aliphatic hydroxyl groups is 1. The molecule has 3 aromatic carbocycles. The zero-order valence-corrected chi connectivity index (χ0v) is 21.2. The molecule has 5 rings (SSSR count). The van der Waals surface area contributed by atoms with Crippen LogP contribution in [-0.2, 0) is 6.54 Å². The highest BCUT2D eigenvalue weighted by Gasteiger charge is 2.21. The Kier molecular flexibility index (Phi) is 10.1. The largest absolute Gasteiger partial charge is 0.490 e. The standard InChI is InChI=1S/C27H30N2O4.2ClH/c30-23(19-31-25-9-5-4-8-24(25)22-6-2-1-3-7-22)18-29-14-12-28(13-15-29)17-21-10-11-26-27(16-21)33-20-32-26;;/h1-11,16,23,30H,12-15,17-20H2;2*1H. The summed E-state index contributed by atoms with van der Waals surface area (Å²) in [5, 5.41) is 10.6. The fourth-order valence-corrected chi connectivity index (χ4v) is 4.41. The molecule has 2 aliphatic rings. The van der Waals surface area contributed by atoms with Crippen molar-refractivity contribution in [2.75, 3.05) is 46.1 Å². The molecule has 0 amide bonds. The lowest BCUT2D eigenvalue weighted by atomic mass is 10.1. The summed E-state index contributed by atoms with van der Waals surface area (Å²) >= 11 is 0. The molecule has 2 aliphatic heterocycles. The minimum absolute atomic E-state index is 0. The lowest BCUT2D eigenvalue weighted by molar-refractivity contribution is 0.0447. The number of piperazine rings is 1. The molecule has 6 nitrogen and oxygen atoms in total. The number of fused-ring (bicyclic) bond motifs is 1. The number of benzene rings is 3. The molecule has 1 fully saturated rings. The molecule has 188 valence electrons. The zero-order valence-electron chi connectivity index (χ0n) is 19.5. The minimum Gasteiger partial charge on any atom is -0.490 e. The molecule has 3 aromatic rings. The van der Waals surface area contributed by atoms with E-state index in [-0.39, 0.29) is 31.4 Å². The summed E-state index contributed by atoms with van der Waals surface area (Å²) in [5.74, 6) is 2.46. The topological polar surface area (TPSA) is 54.4 Å². The number of nitrogens with zero attached hydrogens (tertiary/aromatic N) is 2. The fourth-order valence-electron chi connectivity index (χ4n) is 4.41. The maximum absolute atomic E-state index is 10.6. The van der Waals surface area contributed by atoms with Crippen molar-refractivity contribution in [3.63, 3.8) is 0 Å². The molecule has 1 N–H and O–H groups in total. The van der Waals surface area contributed by atoms with Gasteiger partial charge in [0.05, 0.1) is 0 Å². The van der Waals surface area contributed by atoms with Crippen LogP contribution in [0.15, 0.2) is 72.8 Å². The number of β-amino-alcohol motifs (C(OH)–C–C–N with tert-alkyl or cyclic N) is 1. The van der Waals surface area contributed by atoms with Gasteiger partial charge in [0.2, 0.25) is 6.79 Å². The third-order valence-corrected chi connectivity index (χ3v) is 6.18. The van der Waals surface area contributed by atoms with Crippen molar-refractivity contribution in [2.24, 2.45) is 0 Å². The molecular formula is C27H32Cl2N2O4. The van der Waals surface area contributed by atoms with Gasteiger partial charge in [-0.3, -0.25) is 9.80 Å². The third kappa shape index (κ3) is 7.03. The van der Waals surface area contributed by atoms with Crippen LogP contribution < -0.4 is 14.2 Å². The molecule has 8 heteroatoms. The van der Waals surface area contributed by atoms with Gasteiger partial charge >= 0.3 is 0 Å². The molecular weight excluding hydrogens is 487 g/mol. The van der Waals surface area contributed by atoms with Gasteiger partial charge in [-0.05, 0) is 29.3 Å². The molecule has 2 heterocycles. The first-order chi connectivity index (χ1) is 16.2. The smallest absolute Gasteiger partial charge is 0.231 e. The van der Waals surface area contributed by atoms with E-state index in [0.717, 1.165) is 61.1 Å². The number of hydrogen-bond donors (Lipinski definition) is 1. The second kappa shape index (κ2) is 13.0. The van der Waals surface area contributed by atoms with E-state index in [4.69, 9.17) is 14.2 Å². The molecule has 1 unspecified atom stereocenters. The minimum atomic E-state index is -0.533. The second-order valence-corrected chi connectivity index (χ2v) is 8.59. The summed E-state index contributed by atoms with van der Waals surface area (Å²) in [4.78, 5) is 4.75. The Morgan fingerprint density at radius 3 is 2.29 bits per heavy atom. The van der Waals surface area contributed by atoms with Crippen molar-refractivity contribution in [3.05, 3.63) is 78.4 Å². The van der Waals surface area contributed by atoms with Crippen LogP contribution in [0.2, 0.25) is 0 Å². The Bertz CT molecular complexity index is 1060. The Balaban J connectivity index is 0.00000171. The van der Waals surface area contributed by atoms with Crippen LogP contribution in [0.25, 0.3) is 11.1 Å². The second-order valence-electron chi connectivity index (χ2n) is 8.59. The molecule has 0 aromatic heterocycles. The van der Waals surface area contributed by atoms with E-state index in [1.54, 1.807) is 0 Å². The molecule has 0 saturated carbocycles. The monoisotopic (exact) mass is 518 g/mol. The number of aliphatic hydroxyl groups excluding tert-OH is 1. The van der Waals surface area contributed by atoms with E-state index < -0.39 is 6.10 Å². The number of para-hydroxylation sites is 1. The predicted octanol–water partition coefficient (Wildman–Crippen LogP) is 4.48. The van der Waals surface area contributed by atoms with E-state index in [0.29, 0.717) is 13.3 Å². The Morgan fingerprint density at radius 1 is 0.800 bits per heavy atom. The van der Waals surface area contributed by atoms with Gasteiger partial charge in [-0.1, -0.05) is 54.6 Å². The van der Waals surface area contributed by atoms with Gasteiger partial charge < -0.3 is 19.3 Å².